The lowest BCUT2D eigenvalue weighted by molar-refractivity contribution is -0.168. The van der Waals surface area contributed by atoms with Gasteiger partial charge >= 0.3 is 11.9 Å². The quantitative estimate of drug-likeness (QED) is 0.130. The minimum Gasteiger partial charge on any atom is -0.505 e. The number of ether oxygens (including phenoxy) is 4. The lowest BCUT2D eigenvalue weighted by atomic mass is 9.75. The predicted molar refractivity (Wildman–Crippen MR) is 198 cm³/mol. The van der Waals surface area contributed by atoms with Crippen LogP contribution < -0.4 is 10.1 Å². The number of phenols is 1. The fourth-order valence-electron chi connectivity index (χ4n) is 7.28. The highest BCUT2D eigenvalue weighted by molar-refractivity contribution is 6.21. The zero-order valence-electron chi connectivity index (χ0n) is 32.6. The molecule has 3 aliphatic heterocycles. The number of aliphatic hydroxyl groups excluding tert-OH is 4. The van der Waals surface area contributed by atoms with Crippen LogP contribution in [0.4, 0.5) is 5.69 Å². The molecule has 55 heavy (non-hydrogen) atoms. The Balaban J connectivity index is 2.07. The first-order valence-electron chi connectivity index (χ1n) is 17.8. The van der Waals surface area contributed by atoms with Gasteiger partial charge in [0.2, 0.25) is 6.79 Å². The Morgan fingerprint density at radius 3 is 2.11 bits per heavy atom. The molecule has 15 nitrogen and oxygen atoms in total. The number of ketones is 1. The van der Waals surface area contributed by atoms with Crippen molar-refractivity contribution in [3.05, 3.63) is 69.2 Å². The van der Waals surface area contributed by atoms with Gasteiger partial charge in [-0.05, 0) is 46.3 Å². The number of anilines is 1. The number of methoxy groups -OCH3 is 1. The van der Waals surface area contributed by atoms with E-state index in [1.807, 2.05) is 0 Å². The van der Waals surface area contributed by atoms with Gasteiger partial charge in [-0.3, -0.25) is 19.2 Å². The Kier molecular flexibility index (Phi) is 12.9. The SMILES string of the molecule is COC(=O)C1C(O)C(C)C(O)C(C)/C=C/C=C(\C)C(=O)Nc2c(C)c(OC(C)=O)c3c(c2O)C(=O)C(C)=C2OCOC(=C23)/C(C)=C/C(C)(O)C(O)C(C)C1O. The minimum atomic E-state index is -2.17. The average Bonchev–Trinajstić information content (AvgIpc) is 3.13. The number of fused-ring (bicyclic) bond motifs is 14. The molecule has 0 aromatic heterocycles. The molecule has 4 aliphatic rings. The molecule has 3 heterocycles. The van der Waals surface area contributed by atoms with Crippen molar-refractivity contribution in [1.29, 1.82) is 0 Å². The Morgan fingerprint density at radius 2 is 1.51 bits per heavy atom. The van der Waals surface area contributed by atoms with Gasteiger partial charge in [0.15, 0.2) is 11.5 Å². The number of esters is 2. The van der Waals surface area contributed by atoms with Gasteiger partial charge in [-0.2, -0.15) is 0 Å². The van der Waals surface area contributed by atoms with Gasteiger partial charge in [-0.25, -0.2) is 0 Å². The number of phenolic OH excluding ortho intramolecular Hbond substituents is 1. The van der Waals surface area contributed by atoms with E-state index in [2.05, 4.69) is 5.32 Å². The highest BCUT2D eigenvalue weighted by Gasteiger charge is 2.47. The predicted octanol–water partition coefficient (Wildman–Crippen LogP) is 3.10. The molecule has 1 aromatic rings. The molecule has 0 saturated carbocycles. The summed E-state index contributed by atoms with van der Waals surface area (Å²) in [6, 6.07) is 0. The molecule has 0 fully saturated rings. The smallest absolute Gasteiger partial charge is 0.313 e. The largest absolute Gasteiger partial charge is 0.505 e. The second-order valence-electron chi connectivity index (χ2n) is 14.7. The van der Waals surface area contributed by atoms with Gasteiger partial charge in [-0.1, -0.05) is 39.0 Å². The first kappa shape index (κ1) is 42.9. The first-order valence-corrected chi connectivity index (χ1v) is 17.8. The summed E-state index contributed by atoms with van der Waals surface area (Å²) in [5.74, 6) is -8.68. The number of nitrogens with one attached hydrogen (secondary N) is 1. The van der Waals surface area contributed by atoms with Crippen LogP contribution in [-0.2, 0) is 28.6 Å². The van der Waals surface area contributed by atoms with Crippen LogP contribution in [0.2, 0.25) is 0 Å². The number of benzene rings is 1. The first-order chi connectivity index (χ1) is 25.6. The number of aromatic hydroxyl groups is 1. The van der Waals surface area contributed by atoms with Crippen molar-refractivity contribution < 1.29 is 68.8 Å². The maximum Gasteiger partial charge on any atom is 0.313 e. The monoisotopic (exact) mass is 769 g/mol. The van der Waals surface area contributed by atoms with E-state index >= 15 is 0 Å². The second-order valence-corrected chi connectivity index (χ2v) is 14.7. The van der Waals surface area contributed by atoms with Crippen molar-refractivity contribution in [1.82, 2.24) is 0 Å². The fraction of sp³-hybridized carbons (Fsp3) is 0.500. The van der Waals surface area contributed by atoms with E-state index in [1.54, 1.807) is 13.0 Å². The molecule has 15 heteroatoms. The number of allylic oxidation sites excluding steroid dienone is 5. The van der Waals surface area contributed by atoms with E-state index in [9.17, 15) is 49.8 Å². The molecule has 0 spiro atoms. The van der Waals surface area contributed by atoms with Crippen LogP contribution in [0, 0.1) is 30.6 Å². The number of hydrogen-bond donors (Lipinski definition) is 7. The zero-order chi connectivity index (χ0) is 41.4. The number of amides is 1. The van der Waals surface area contributed by atoms with Crippen molar-refractivity contribution in [3.8, 4) is 11.5 Å². The molecule has 7 N–H and O–H groups in total. The van der Waals surface area contributed by atoms with Crippen molar-refractivity contribution in [2.75, 3.05) is 19.2 Å². The summed E-state index contributed by atoms with van der Waals surface area (Å²) in [5, 5.41) is 71.8. The standard InChI is InChI=1S/C40H51NO14/c1-16-12-11-13-17(2)38(49)41-28-19(4)36(55-23(8)42)24-25(33(28)47)31(45)21(6)35-26(24)34(53-15-54-35)18(3)14-40(9,51)37(48)22(7)32(46)27(39(50)52-10)30(44)20(5)29(16)43/h11-14,16,20,22,27,29-30,32,37,43-44,46-48,51H,15H2,1-10H3,(H,41,49)/b12-11+,17-13+,18-14+. The molecule has 9 atom stereocenters. The van der Waals surface area contributed by atoms with E-state index in [-0.39, 0.29) is 61.9 Å². The molecule has 1 aliphatic carbocycles. The van der Waals surface area contributed by atoms with Gasteiger partial charge in [0.1, 0.15) is 28.8 Å². The maximum atomic E-state index is 14.0. The summed E-state index contributed by atoms with van der Waals surface area (Å²) in [7, 11) is 1.06. The van der Waals surface area contributed by atoms with Gasteiger partial charge in [0.25, 0.3) is 5.91 Å². The van der Waals surface area contributed by atoms with Crippen LogP contribution in [0.1, 0.15) is 76.9 Å². The number of carbonyl (C=O) groups excluding carboxylic acids is 4. The molecule has 1 amide bonds. The molecule has 0 radical (unpaired) electrons. The van der Waals surface area contributed by atoms with E-state index in [1.165, 1.54) is 66.7 Å². The lowest BCUT2D eigenvalue weighted by Gasteiger charge is -2.39. The number of rotatable bonds is 2. The molecule has 4 bridgehead atoms. The van der Waals surface area contributed by atoms with Crippen LogP contribution in [-0.4, -0.2) is 98.2 Å². The van der Waals surface area contributed by atoms with Crippen molar-refractivity contribution in [3.63, 3.8) is 0 Å². The van der Waals surface area contributed by atoms with Crippen LogP contribution in [0.15, 0.2) is 52.5 Å². The summed E-state index contributed by atoms with van der Waals surface area (Å²) in [6.45, 7) is 12.3. The number of Topliss-reactive ketones (excluding diaryl/α,β-unsaturated/α-hetero) is 1. The lowest BCUT2D eigenvalue weighted by Crippen LogP contribution is -2.53. The third kappa shape index (κ3) is 8.12. The fourth-order valence-corrected chi connectivity index (χ4v) is 7.28. The topological polar surface area (TPSA) is 239 Å². The number of hydrogen-bond acceptors (Lipinski definition) is 14. The van der Waals surface area contributed by atoms with Crippen LogP contribution in [0.5, 0.6) is 11.5 Å². The Morgan fingerprint density at radius 1 is 0.909 bits per heavy atom. The van der Waals surface area contributed by atoms with Crippen molar-refractivity contribution in [2.45, 2.75) is 92.3 Å². The highest BCUT2D eigenvalue weighted by Crippen LogP contribution is 2.53. The van der Waals surface area contributed by atoms with Crippen LogP contribution in [0.3, 0.4) is 0 Å². The van der Waals surface area contributed by atoms with E-state index in [0.29, 0.717) is 0 Å². The Hall–Kier alpha value is -4.80. The summed E-state index contributed by atoms with van der Waals surface area (Å²) >= 11 is 0. The van der Waals surface area contributed by atoms with Crippen LogP contribution >= 0.6 is 0 Å². The van der Waals surface area contributed by atoms with Crippen molar-refractivity contribution in [2.24, 2.45) is 23.7 Å². The minimum absolute atomic E-state index is 0.00256. The van der Waals surface area contributed by atoms with Gasteiger partial charge < -0.3 is 54.9 Å². The van der Waals surface area contributed by atoms with Gasteiger partial charge in [0, 0.05) is 47.0 Å². The molecular formula is C40H51NO14. The van der Waals surface area contributed by atoms with E-state index < -0.39 is 89.9 Å². The van der Waals surface area contributed by atoms with Crippen molar-refractivity contribution >= 4 is 34.9 Å². The summed E-state index contributed by atoms with van der Waals surface area (Å²) in [6.07, 6.45) is -0.878. The summed E-state index contributed by atoms with van der Waals surface area (Å²) in [5.41, 5.74) is -2.34. The second kappa shape index (κ2) is 16.5. The molecule has 0 saturated heterocycles. The molecule has 5 rings (SSSR count). The molecular weight excluding hydrogens is 718 g/mol. The maximum absolute atomic E-state index is 14.0. The third-order valence-electron chi connectivity index (χ3n) is 10.6. The number of carbonyl (C=O) groups is 4. The van der Waals surface area contributed by atoms with Crippen LogP contribution in [0.25, 0.3) is 5.57 Å². The van der Waals surface area contributed by atoms with E-state index in [0.717, 1.165) is 14.0 Å². The molecule has 300 valence electrons. The Bertz CT molecular complexity index is 1920. The van der Waals surface area contributed by atoms with Gasteiger partial charge in [0.05, 0.1) is 48.3 Å². The molecule has 9 unspecified atom stereocenters. The average molecular weight is 770 g/mol. The highest BCUT2D eigenvalue weighted by atomic mass is 16.7. The summed E-state index contributed by atoms with van der Waals surface area (Å²) in [4.78, 5) is 53.0. The zero-order valence-corrected chi connectivity index (χ0v) is 32.6. The number of aliphatic hydroxyl groups is 5. The normalized spacial score (nSPS) is 33.3. The van der Waals surface area contributed by atoms with Gasteiger partial charge in [-0.15, -0.1) is 0 Å². The molecule has 1 aromatic carbocycles. The van der Waals surface area contributed by atoms with E-state index in [4.69, 9.17) is 18.9 Å². The third-order valence-corrected chi connectivity index (χ3v) is 10.6. The Labute approximate surface area is 319 Å². The summed E-state index contributed by atoms with van der Waals surface area (Å²) < 4.78 is 22.3.